The van der Waals surface area contributed by atoms with Crippen LogP contribution in [0.15, 0.2) is 24.3 Å². The van der Waals surface area contributed by atoms with Gasteiger partial charge in [-0.15, -0.1) is 0 Å². The first kappa shape index (κ1) is 9.38. The number of aliphatic carboxylic acids is 1. The quantitative estimate of drug-likeness (QED) is 0.707. The highest BCUT2D eigenvalue weighted by atomic mass is 16.5. The normalized spacial score (nSPS) is 12.1. The second kappa shape index (κ2) is 3.80. The summed E-state index contributed by atoms with van der Waals surface area (Å²) in [6.07, 6.45) is -0.996. The fourth-order valence-corrected chi connectivity index (χ4v) is 0.777. The van der Waals surface area contributed by atoms with Crippen molar-refractivity contribution < 1.29 is 19.7 Å². The average Bonchev–Trinajstić information content (AvgIpc) is 2.08. The first-order valence-electron chi connectivity index (χ1n) is 3.76. The van der Waals surface area contributed by atoms with E-state index in [0.717, 1.165) is 0 Å². The Bertz CT molecular complexity index is 291. The molecule has 0 radical (unpaired) electrons. The van der Waals surface area contributed by atoms with Crippen molar-refractivity contribution in [3.05, 3.63) is 24.3 Å². The van der Waals surface area contributed by atoms with Gasteiger partial charge in [0, 0.05) is 0 Å². The third-order valence-electron chi connectivity index (χ3n) is 1.48. The highest BCUT2D eigenvalue weighted by Crippen LogP contribution is 2.16. The molecule has 0 fully saturated rings. The van der Waals surface area contributed by atoms with Gasteiger partial charge in [0.25, 0.3) is 0 Å². The molecule has 0 aliphatic rings. The lowest BCUT2D eigenvalue weighted by atomic mass is 10.3. The number of carboxylic acids is 1. The maximum atomic E-state index is 10.3. The zero-order valence-corrected chi connectivity index (χ0v) is 7.06. The number of carboxylic acid groups (broad SMARTS) is 1. The van der Waals surface area contributed by atoms with Crippen LogP contribution in [-0.4, -0.2) is 17.2 Å². The third-order valence-corrected chi connectivity index (χ3v) is 1.48. The van der Waals surface area contributed by atoms with E-state index in [0.29, 0.717) is 5.75 Å². The van der Waals surface area contributed by atoms with Gasteiger partial charge in [-0.1, -0.05) is 0 Å². The number of benzene rings is 1. The third kappa shape index (κ3) is 2.66. The highest BCUT2D eigenvalue weighted by Gasteiger charge is 2.03. The van der Waals surface area contributed by atoms with Crippen molar-refractivity contribution in [3.63, 3.8) is 0 Å². The van der Waals surface area contributed by atoms with Gasteiger partial charge in [0.15, 0.2) is 0 Å². The molecule has 4 heteroatoms. The van der Waals surface area contributed by atoms with E-state index in [1.807, 2.05) is 0 Å². The number of aromatic hydroxyl groups is 1. The Morgan fingerprint density at radius 3 is 2.46 bits per heavy atom. The lowest BCUT2D eigenvalue weighted by Gasteiger charge is -2.14. The summed E-state index contributed by atoms with van der Waals surface area (Å²) in [5.74, 6) is -0.781. The monoisotopic (exact) mass is 181 g/mol. The van der Waals surface area contributed by atoms with E-state index in [9.17, 15) is 9.90 Å². The second-order valence-electron chi connectivity index (χ2n) is 2.57. The zero-order chi connectivity index (χ0) is 9.84. The molecule has 0 heterocycles. The number of ether oxygens (including phenoxy) is 1. The summed E-state index contributed by atoms with van der Waals surface area (Å²) >= 11 is 0. The van der Waals surface area contributed by atoms with Gasteiger partial charge in [0.2, 0.25) is 0 Å². The standard InChI is InChI=1S/C9H10O4/c1-6(9(11)12)13-8-4-2-7(10)3-5-8/h2-6,10H,1H3,(H,11,12)/p-1/t6-/m0/s1. The summed E-state index contributed by atoms with van der Waals surface area (Å²) in [6.45, 7) is 1.38. The predicted molar refractivity (Wildman–Crippen MR) is 43.2 cm³/mol. The van der Waals surface area contributed by atoms with Crippen LogP contribution >= 0.6 is 0 Å². The summed E-state index contributed by atoms with van der Waals surface area (Å²) in [4.78, 5) is 10.3. The van der Waals surface area contributed by atoms with Crippen LogP contribution in [0.25, 0.3) is 0 Å². The molecule has 70 valence electrons. The van der Waals surface area contributed by atoms with Gasteiger partial charge in [-0.05, 0) is 31.2 Å². The molecule has 0 bridgehead atoms. The van der Waals surface area contributed by atoms with Crippen LogP contribution < -0.4 is 9.84 Å². The topological polar surface area (TPSA) is 69.6 Å². The molecule has 0 saturated heterocycles. The van der Waals surface area contributed by atoms with Gasteiger partial charge in [0.1, 0.15) is 17.6 Å². The van der Waals surface area contributed by atoms with Crippen LogP contribution in [0.4, 0.5) is 0 Å². The van der Waals surface area contributed by atoms with Gasteiger partial charge in [-0.2, -0.15) is 0 Å². The lowest BCUT2D eigenvalue weighted by molar-refractivity contribution is -0.312. The highest BCUT2D eigenvalue weighted by molar-refractivity contribution is 5.69. The van der Waals surface area contributed by atoms with Gasteiger partial charge >= 0.3 is 0 Å². The minimum absolute atomic E-state index is 0.105. The molecule has 1 rings (SSSR count). The summed E-state index contributed by atoms with van der Waals surface area (Å²) in [6, 6.07) is 5.79. The van der Waals surface area contributed by atoms with Crippen LogP contribution in [0.1, 0.15) is 6.92 Å². The summed E-state index contributed by atoms with van der Waals surface area (Å²) < 4.78 is 4.96. The van der Waals surface area contributed by atoms with Crippen LogP contribution in [0.3, 0.4) is 0 Å². The molecule has 1 N–H and O–H groups in total. The molecule has 13 heavy (non-hydrogen) atoms. The molecule has 1 aromatic carbocycles. The molecule has 0 amide bonds. The molecule has 4 nitrogen and oxygen atoms in total. The Balaban J connectivity index is 2.64. The summed E-state index contributed by atoms with van der Waals surface area (Å²) in [5, 5.41) is 19.2. The first-order valence-corrected chi connectivity index (χ1v) is 3.76. The van der Waals surface area contributed by atoms with Crippen molar-refractivity contribution in [2.45, 2.75) is 13.0 Å². The molecule has 1 aromatic rings. The minimum atomic E-state index is -1.27. The maximum Gasteiger partial charge on any atom is 0.135 e. The number of phenolic OH excluding ortho intramolecular Hbond substituents is 1. The Morgan fingerprint density at radius 2 is 2.00 bits per heavy atom. The smallest absolute Gasteiger partial charge is 0.135 e. The molecular formula is C9H9O4-. The van der Waals surface area contributed by atoms with Crippen molar-refractivity contribution in [1.82, 2.24) is 0 Å². The molecule has 0 aliphatic heterocycles. The second-order valence-corrected chi connectivity index (χ2v) is 2.57. The largest absolute Gasteiger partial charge is 0.546 e. The van der Waals surface area contributed by atoms with Gasteiger partial charge in [0.05, 0.1) is 5.97 Å². The fourth-order valence-electron chi connectivity index (χ4n) is 0.777. The molecule has 0 saturated carbocycles. The van der Waals surface area contributed by atoms with Crippen LogP contribution in [0, 0.1) is 0 Å². The fraction of sp³-hybridized carbons (Fsp3) is 0.222. The Hall–Kier alpha value is -1.71. The Labute approximate surface area is 75.4 Å². The van der Waals surface area contributed by atoms with E-state index in [-0.39, 0.29) is 5.75 Å². The van der Waals surface area contributed by atoms with Crippen molar-refractivity contribution in [2.75, 3.05) is 0 Å². The number of carbonyl (C=O) groups is 1. The molecule has 0 aromatic heterocycles. The van der Waals surface area contributed by atoms with Crippen LogP contribution in [-0.2, 0) is 4.79 Å². The van der Waals surface area contributed by atoms with E-state index in [4.69, 9.17) is 9.84 Å². The SMILES string of the molecule is C[C@H](Oc1ccc(O)cc1)C(=O)[O-]. The van der Waals surface area contributed by atoms with E-state index >= 15 is 0 Å². The molecule has 0 unspecified atom stereocenters. The molecule has 0 aliphatic carbocycles. The van der Waals surface area contributed by atoms with Crippen LogP contribution in [0.2, 0.25) is 0 Å². The summed E-state index contributed by atoms with van der Waals surface area (Å²) in [5.41, 5.74) is 0. The lowest BCUT2D eigenvalue weighted by Crippen LogP contribution is -2.37. The number of rotatable bonds is 3. The number of hydrogen-bond acceptors (Lipinski definition) is 4. The average molecular weight is 181 g/mol. The van der Waals surface area contributed by atoms with Gasteiger partial charge in [-0.25, -0.2) is 0 Å². The number of phenols is 1. The number of hydrogen-bond donors (Lipinski definition) is 1. The minimum Gasteiger partial charge on any atom is -0.546 e. The zero-order valence-electron chi connectivity index (χ0n) is 7.06. The summed E-state index contributed by atoms with van der Waals surface area (Å²) in [7, 11) is 0. The van der Waals surface area contributed by atoms with Crippen molar-refractivity contribution in [1.29, 1.82) is 0 Å². The van der Waals surface area contributed by atoms with Crippen molar-refractivity contribution in [3.8, 4) is 11.5 Å². The molecule has 0 spiro atoms. The Morgan fingerprint density at radius 1 is 1.46 bits per heavy atom. The maximum absolute atomic E-state index is 10.3. The van der Waals surface area contributed by atoms with Crippen molar-refractivity contribution >= 4 is 5.97 Å². The predicted octanol–water partition coefficient (Wildman–Crippen LogP) is -0.0906. The number of carbonyl (C=O) groups excluding carboxylic acids is 1. The van der Waals surface area contributed by atoms with Crippen molar-refractivity contribution in [2.24, 2.45) is 0 Å². The van der Waals surface area contributed by atoms with E-state index < -0.39 is 12.1 Å². The van der Waals surface area contributed by atoms with Gasteiger partial charge in [-0.3, -0.25) is 0 Å². The van der Waals surface area contributed by atoms with E-state index in [2.05, 4.69) is 0 Å². The van der Waals surface area contributed by atoms with Crippen LogP contribution in [0.5, 0.6) is 11.5 Å². The van der Waals surface area contributed by atoms with Gasteiger partial charge < -0.3 is 19.7 Å². The first-order chi connectivity index (χ1) is 6.09. The van der Waals surface area contributed by atoms with E-state index in [1.54, 1.807) is 0 Å². The van der Waals surface area contributed by atoms with E-state index in [1.165, 1.54) is 31.2 Å². The molecular weight excluding hydrogens is 172 g/mol. The Kier molecular flexibility index (Phi) is 2.74. The molecule has 1 atom stereocenters.